The Hall–Kier alpha value is -2.11. The molecule has 4 saturated carbocycles. The fourth-order valence-corrected chi connectivity index (χ4v) is 9.09. The number of rotatable bonds is 4. The predicted molar refractivity (Wildman–Crippen MR) is 134 cm³/mol. The van der Waals surface area contributed by atoms with Crippen molar-refractivity contribution in [1.82, 2.24) is 0 Å². The highest BCUT2D eigenvalue weighted by atomic mass is 35.5. The number of Topliss-reactive ketones (excluding diaryl/α,β-unsaturated/α-hetero) is 2. The van der Waals surface area contributed by atoms with Crippen molar-refractivity contribution < 1.29 is 9.59 Å². The lowest BCUT2D eigenvalue weighted by atomic mass is 9.48. The molecule has 1 aromatic carbocycles. The normalized spacial score (nSPS) is 32.0. The van der Waals surface area contributed by atoms with E-state index in [1.807, 2.05) is 31.2 Å². The first-order valence-electron chi connectivity index (χ1n) is 12.0. The van der Waals surface area contributed by atoms with Crippen molar-refractivity contribution in [2.24, 2.45) is 23.2 Å². The minimum absolute atomic E-state index is 0.00478. The Balaban J connectivity index is 1.46. The van der Waals surface area contributed by atoms with E-state index in [0.29, 0.717) is 38.9 Å². The Bertz CT molecular complexity index is 1170. The van der Waals surface area contributed by atoms with Gasteiger partial charge in [-0.1, -0.05) is 23.7 Å². The second-order valence-corrected chi connectivity index (χ2v) is 12.3. The second-order valence-electron chi connectivity index (χ2n) is 10.8. The van der Waals surface area contributed by atoms with Crippen LogP contribution in [0.4, 0.5) is 10.7 Å². The molecule has 4 bridgehead atoms. The van der Waals surface area contributed by atoms with Crippen LogP contribution in [-0.2, 0) is 4.79 Å². The van der Waals surface area contributed by atoms with Crippen LogP contribution in [0, 0.1) is 23.2 Å². The monoisotopic (exact) mass is 480 g/mol. The summed E-state index contributed by atoms with van der Waals surface area (Å²) in [5.74, 6) is 2.05. The molecule has 2 aromatic rings. The van der Waals surface area contributed by atoms with Crippen molar-refractivity contribution >= 4 is 45.2 Å². The zero-order chi connectivity index (χ0) is 23.1. The molecular weight excluding hydrogens is 452 g/mol. The van der Waals surface area contributed by atoms with Gasteiger partial charge < -0.3 is 11.1 Å². The van der Waals surface area contributed by atoms with Crippen LogP contribution in [0.25, 0.3) is 0 Å². The van der Waals surface area contributed by atoms with Gasteiger partial charge in [0.15, 0.2) is 11.6 Å². The molecule has 1 aromatic heterocycles. The van der Waals surface area contributed by atoms with E-state index >= 15 is 0 Å². The lowest BCUT2D eigenvalue weighted by molar-refractivity contribution is -0.113. The van der Waals surface area contributed by atoms with Gasteiger partial charge in [0.05, 0.1) is 15.6 Å². The Morgan fingerprint density at radius 3 is 2.18 bits per heavy atom. The molecule has 4 fully saturated rings. The summed E-state index contributed by atoms with van der Waals surface area (Å²) in [6, 6.07) is 7.59. The fourth-order valence-electron chi connectivity index (χ4n) is 7.69. The molecule has 1 aliphatic heterocycles. The molecule has 33 heavy (non-hydrogen) atoms. The summed E-state index contributed by atoms with van der Waals surface area (Å²) >= 11 is 7.63. The SMILES string of the molecule is CC(=O)C1=C(C)Nc2sc(C(=O)C34CC5CC(CC(C5)C3)C4)c(N)c2C1c1ccc(Cl)cc1. The molecule has 0 radical (unpaired) electrons. The van der Waals surface area contributed by atoms with Crippen molar-refractivity contribution in [2.45, 2.75) is 58.3 Å². The number of carbonyl (C=O) groups is 2. The van der Waals surface area contributed by atoms with Gasteiger partial charge in [0, 0.05) is 33.2 Å². The average molecular weight is 481 g/mol. The maximum atomic E-state index is 14.1. The predicted octanol–water partition coefficient (Wildman–Crippen LogP) is 6.80. The van der Waals surface area contributed by atoms with Crippen LogP contribution in [0.1, 0.15) is 79.1 Å². The lowest BCUT2D eigenvalue weighted by Crippen LogP contribution is -2.50. The standard InChI is InChI=1S/C27H29ClN2O2S/c1-13-20(14(2)31)21(18-3-5-19(28)6-4-18)22-23(29)24(33-26(22)30-13)25(32)27-10-15-7-16(11-27)9-17(8-15)12-27/h3-6,15-17,21,30H,7-12,29H2,1-2H3. The van der Waals surface area contributed by atoms with Crippen molar-refractivity contribution in [1.29, 1.82) is 0 Å². The van der Waals surface area contributed by atoms with Crippen LogP contribution in [0.3, 0.4) is 0 Å². The highest BCUT2D eigenvalue weighted by Crippen LogP contribution is 2.62. The number of nitrogens with two attached hydrogens (primary N) is 1. The Morgan fingerprint density at radius 2 is 1.64 bits per heavy atom. The molecule has 172 valence electrons. The number of allylic oxidation sites excluding steroid dienone is 2. The number of ketones is 2. The molecule has 1 unspecified atom stereocenters. The van der Waals surface area contributed by atoms with Gasteiger partial charge in [-0.3, -0.25) is 9.59 Å². The summed E-state index contributed by atoms with van der Waals surface area (Å²) in [5.41, 5.74) is 10.5. The molecule has 1 atom stereocenters. The first-order chi connectivity index (χ1) is 15.8. The number of fused-ring (bicyclic) bond motifs is 1. The maximum Gasteiger partial charge on any atom is 0.181 e. The van der Waals surface area contributed by atoms with Crippen molar-refractivity contribution in [3.63, 3.8) is 0 Å². The van der Waals surface area contributed by atoms with Gasteiger partial charge in [0.2, 0.25) is 0 Å². The second kappa shape index (κ2) is 7.44. The third-order valence-corrected chi connectivity index (χ3v) is 9.96. The number of nitrogens with one attached hydrogen (secondary N) is 1. The zero-order valence-corrected chi connectivity index (χ0v) is 20.6. The van der Waals surface area contributed by atoms with Crippen LogP contribution >= 0.6 is 22.9 Å². The minimum atomic E-state index is -0.301. The van der Waals surface area contributed by atoms with Gasteiger partial charge >= 0.3 is 0 Å². The molecule has 0 spiro atoms. The molecule has 5 aliphatic rings. The van der Waals surface area contributed by atoms with Crippen LogP contribution in [0.5, 0.6) is 0 Å². The van der Waals surface area contributed by atoms with E-state index in [4.69, 9.17) is 17.3 Å². The van der Waals surface area contributed by atoms with Crippen molar-refractivity contribution in [2.75, 3.05) is 11.1 Å². The molecule has 3 N–H and O–H groups in total. The summed E-state index contributed by atoms with van der Waals surface area (Å²) in [4.78, 5) is 27.5. The largest absolute Gasteiger partial charge is 0.397 e. The summed E-state index contributed by atoms with van der Waals surface area (Å²) < 4.78 is 0. The fraction of sp³-hybridized carbons (Fsp3) is 0.481. The summed E-state index contributed by atoms with van der Waals surface area (Å²) in [6.45, 7) is 3.53. The number of halogens is 1. The molecule has 2 heterocycles. The third kappa shape index (κ3) is 3.23. The average Bonchev–Trinajstić information content (AvgIpc) is 3.07. The number of thiophene rings is 1. The van der Waals surface area contributed by atoms with Gasteiger partial charge in [-0.2, -0.15) is 0 Å². The van der Waals surface area contributed by atoms with Gasteiger partial charge in [-0.15, -0.1) is 11.3 Å². The summed E-state index contributed by atoms with van der Waals surface area (Å²) in [5, 5.41) is 4.95. The highest BCUT2D eigenvalue weighted by Gasteiger charge is 2.55. The van der Waals surface area contributed by atoms with Gasteiger partial charge in [-0.05, 0) is 87.8 Å². The lowest BCUT2D eigenvalue weighted by Gasteiger charge is -2.55. The smallest absolute Gasteiger partial charge is 0.181 e. The summed E-state index contributed by atoms with van der Waals surface area (Å²) in [6.07, 6.45) is 6.95. The first kappa shape index (κ1) is 21.4. The number of anilines is 2. The van der Waals surface area contributed by atoms with E-state index in [1.165, 1.54) is 30.6 Å². The van der Waals surface area contributed by atoms with Crippen LogP contribution in [-0.4, -0.2) is 11.6 Å². The van der Waals surface area contributed by atoms with E-state index in [-0.39, 0.29) is 22.9 Å². The Labute approximate surface area is 203 Å². The van der Waals surface area contributed by atoms with Crippen LogP contribution in [0.2, 0.25) is 5.02 Å². The first-order valence-corrected chi connectivity index (χ1v) is 13.2. The number of nitrogen functional groups attached to an aromatic ring is 1. The molecule has 0 saturated heterocycles. The Morgan fingerprint density at radius 1 is 1.06 bits per heavy atom. The van der Waals surface area contributed by atoms with E-state index in [1.54, 1.807) is 6.92 Å². The van der Waals surface area contributed by atoms with Crippen molar-refractivity contribution in [3.05, 3.63) is 56.6 Å². The Kier molecular flexibility index (Phi) is 4.83. The number of hydrogen-bond donors (Lipinski definition) is 2. The van der Waals surface area contributed by atoms with E-state index < -0.39 is 0 Å². The molecule has 7 rings (SSSR count). The number of benzene rings is 1. The molecule has 0 amide bonds. The molecular formula is C27H29ClN2O2S. The van der Waals surface area contributed by atoms with E-state index in [0.717, 1.165) is 41.1 Å². The maximum absolute atomic E-state index is 14.1. The minimum Gasteiger partial charge on any atom is -0.397 e. The quantitative estimate of drug-likeness (QED) is 0.472. The number of carbonyl (C=O) groups excluding carboxylic acids is 2. The topological polar surface area (TPSA) is 72.2 Å². The van der Waals surface area contributed by atoms with Crippen molar-refractivity contribution in [3.8, 4) is 0 Å². The van der Waals surface area contributed by atoms with Gasteiger partial charge in [-0.25, -0.2) is 0 Å². The zero-order valence-electron chi connectivity index (χ0n) is 19.0. The number of hydrogen-bond acceptors (Lipinski definition) is 5. The highest BCUT2D eigenvalue weighted by molar-refractivity contribution is 7.19. The van der Waals surface area contributed by atoms with Crippen LogP contribution < -0.4 is 11.1 Å². The van der Waals surface area contributed by atoms with E-state index in [2.05, 4.69) is 5.32 Å². The van der Waals surface area contributed by atoms with E-state index in [9.17, 15) is 9.59 Å². The molecule has 4 aliphatic carbocycles. The molecule has 6 heteroatoms. The third-order valence-electron chi connectivity index (χ3n) is 8.57. The van der Waals surface area contributed by atoms with Crippen LogP contribution in [0.15, 0.2) is 35.5 Å². The van der Waals surface area contributed by atoms with Gasteiger partial charge in [0.25, 0.3) is 0 Å². The molecule has 4 nitrogen and oxygen atoms in total. The summed E-state index contributed by atoms with van der Waals surface area (Å²) in [7, 11) is 0. The van der Waals surface area contributed by atoms with Gasteiger partial charge in [0.1, 0.15) is 0 Å².